The number of rotatable bonds is 6. The van der Waals surface area contributed by atoms with E-state index in [1.54, 1.807) is 24.3 Å². The quantitative estimate of drug-likeness (QED) is 0.742. The summed E-state index contributed by atoms with van der Waals surface area (Å²) in [6.45, 7) is 1.76. The Morgan fingerprint density at radius 3 is 2.61 bits per heavy atom. The molecule has 7 heteroatoms. The molecule has 0 spiro atoms. The predicted molar refractivity (Wildman–Crippen MR) is 69.1 cm³/mol. The van der Waals surface area contributed by atoms with Crippen molar-refractivity contribution in [1.82, 2.24) is 4.72 Å². The third-order valence-electron chi connectivity index (χ3n) is 1.92. The van der Waals surface area contributed by atoms with E-state index in [-0.39, 0.29) is 19.1 Å². The maximum absolute atomic E-state index is 11.0. The number of amides is 1. The number of hydrogen-bond donors (Lipinski definition) is 2. The smallest absolute Gasteiger partial charge is 0.221 e. The van der Waals surface area contributed by atoms with Gasteiger partial charge < -0.3 is 10.1 Å². The average Bonchev–Trinajstić information content (AvgIpc) is 2.24. The van der Waals surface area contributed by atoms with Crippen molar-refractivity contribution in [3.05, 3.63) is 24.3 Å². The largest absolute Gasteiger partial charge is 0.490 e. The first-order chi connectivity index (χ1) is 8.38. The SMILES string of the molecule is CC(=O)Nc1ccccc1OCCNS(C)(=O)=O. The molecule has 0 saturated carbocycles. The molecule has 0 aromatic heterocycles. The first kappa shape index (κ1) is 14.5. The lowest BCUT2D eigenvalue weighted by atomic mass is 10.3. The van der Waals surface area contributed by atoms with Gasteiger partial charge in [0.1, 0.15) is 12.4 Å². The Morgan fingerprint density at radius 1 is 1.33 bits per heavy atom. The molecule has 18 heavy (non-hydrogen) atoms. The van der Waals surface area contributed by atoms with Gasteiger partial charge in [-0.15, -0.1) is 0 Å². The maximum atomic E-state index is 11.0. The summed E-state index contributed by atoms with van der Waals surface area (Å²) in [7, 11) is -3.21. The van der Waals surface area contributed by atoms with Crippen LogP contribution in [-0.4, -0.2) is 33.7 Å². The van der Waals surface area contributed by atoms with Crippen molar-refractivity contribution in [3.63, 3.8) is 0 Å². The fraction of sp³-hybridized carbons (Fsp3) is 0.364. The van der Waals surface area contributed by atoms with Gasteiger partial charge in [-0.05, 0) is 12.1 Å². The van der Waals surface area contributed by atoms with Crippen LogP contribution < -0.4 is 14.8 Å². The average molecular weight is 272 g/mol. The number of hydrogen-bond acceptors (Lipinski definition) is 4. The molecular weight excluding hydrogens is 256 g/mol. The van der Waals surface area contributed by atoms with Gasteiger partial charge >= 0.3 is 0 Å². The predicted octanol–water partition coefficient (Wildman–Crippen LogP) is 0.573. The van der Waals surface area contributed by atoms with Gasteiger partial charge in [0, 0.05) is 13.5 Å². The normalized spacial score (nSPS) is 11.0. The Morgan fingerprint density at radius 2 is 2.00 bits per heavy atom. The molecular formula is C11H16N2O4S. The summed E-state index contributed by atoms with van der Waals surface area (Å²) in [6, 6.07) is 6.95. The molecule has 0 aliphatic heterocycles. The van der Waals surface area contributed by atoms with Crippen LogP contribution in [0.3, 0.4) is 0 Å². The molecule has 0 aliphatic carbocycles. The second-order valence-electron chi connectivity index (χ2n) is 3.69. The van der Waals surface area contributed by atoms with Crippen LogP contribution in [0.5, 0.6) is 5.75 Å². The van der Waals surface area contributed by atoms with Crippen molar-refractivity contribution in [2.45, 2.75) is 6.92 Å². The summed E-state index contributed by atoms with van der Waals surface area (Å²) in [6.07, 6.45) is 1.08. The molecule has 6 nitrogen and oxygen atoms in total. The molecule has 0 unspecified atom stereocenters. The molecule has 1 aromatic rings. The second kappa shape index (κ2) is 6.36. The van der Waals surface area contributed by atoms with Crippen LogP contribution in [0.4, 0.5) is 5.69 Å². The highest BCUT2D eigenvalue weighted by Gasteiger charge is 2.05. The summed E-state index contributed by atoms with van der Waals surface area (Å²) in [5.74, 6) is 0.309. The van der Waals surface area contributed by atoms with Gasteiger partial charge in [0.2, 0.25) is 15.9 Å². The molecule has 0 fully saturated rings. The Hall–Kier alpha value is -1.60. The van der Waals surface area contributed by atoms with E-state index in [2.05, 4.69) is 10.0 Å². The topological polar surface area (TPSA) is 84.5 Å². The summed E-state index contributed by atoms with van der Waals surface area (Å²) >= 11 is 0. The molecule has 0 bridgehead atoms. The van der Waals surface area contributed by atoms with E-state index in [0.717, 1.165) is 6.26 Å². The first-order valence-corrected chi connectivity index (χ1v) is 7.21. The van der Waals surface area contributed by atoms with Crippen LogP contribution in [0.1, 0.15) is 6.92 Å². The van der Waals surface area contributed by atoms with E-state index in [4.69, 9.17) is 4.74 Å². The Bertz CT molecular complexity index is 514. The highest BCUT2D eigenvalue weighted by atomic mass is 32.2. The van der Waals surface area contributed by atoms with Gasteiger partial charge in [0.25, 0.3) is 0 Å². The number of carbonyl (C=O) groups excluding carboxylic acids is 1. The minimum absolute atomic E-state index is 0.174. The lowest BCUT2D eigenvalue weighted by Crippen LogP contribution is -2.27. The van der Waals surface area contributed by atoms with Crippen molar-refractivity contribution < 1.29 is 17.9 Å². The zero-order chi connectivity index (χ0) is 13.6. The number of carbonyl (C=O) groups is 1. The van der Waals surface area contributed by atoms with Crippen LogP contribution in [0, 0.1) is 0 Å². The number of anilines is 1. The Kier molecular flexibility index (Phi) is 5.11. The van der Waals surface area contributed by atoms with Crippen molar-refractivity contribution >= 4 is 21.6 Å². The molecule has 0 atom stereocenters. The molecule has 100 valence electrons. The third kappa shape index (κ3) is 5.65. The number of para-hydroxylation sites is 2. The summed E-state index contributed by atoms with van der Waals surface area (Å²) in [5.41, 5.74) is 0.560. The molecule has 2 N–H and O–H groups in total. The van der Waals surface area contributed by atoms with Gasteiger partial charge in [-0.3, -0.25) is 4.79 Å². The van der Waals surface area contributed by atoms with Crippen LogP contribution in [0.15, 0.2) is 24.3 Å². The first-order valence-electron chi connectivity index (χ1n) is 5.32. The third-order valence-corrected chi connectivity index (χ3v) is 2.65. The minimum Gasteiger partial charge on any atom is -0.490 e. The van der Waals surface area contributed by atoms with Crippen molar-refractivity contribution in [1.29, 1.82) is 0 Å². The summed E-state index contributed by atoms with van der Waals surface area (Å²) in [4.78, 5) is 11.0. The zero-order valence-corrected chi connectivity index (χ0v) is 11.1. The standard InChI is InChI=1S/C11H16N2O4S/c1-9(14)13-10-5-3-4-6-11(10)17-8-7-12-18(2,15)16/h3-6,12H,7-8H2,1-2H3,(H,13,14). The van der Waals surface area contributed by atoms with Crippen LogP contribution in [0.25, 0.3) is 0 Å². The van der Waals surface area contributed by atoms with Crippen LogP contribution >= 0.6 is 0 Å². The highest BCUT2D eigenvalue weighted by Crippen LogP contribution is 2.23. The monoisotopic (exact) mass is 272 g/mol. The maximum Gasteiger partial charge on any atom is 0.221 e. The zero-order valence-electron chi connectivity index (χ0n) is 10.3. The van der Waals surface area contributed by atoms with Gasteiger partial charge in [-0.25, -0.2) is 13.1 Å². The number of benzene rings is 1. The van der Waals surface area contributed by atoms with E-state index in [0.29, 0.717) is 11.4 Å². The lowest BCUT2D eigenvalue weighted by Gasteiger charge is -2.11. The van der Waals surface area contributed by atoms with Crippen molar-refractivity contribution in [2.24, 2.45) is 0 Å². The minimum atomic E-state index is -3.21. The highest BCUT2D eigenvalue weighted by molar-refractivity contribution is 7.88. The molecule has 1 aromatic carbocycles. The van der Waals surface area contributed by atoms with Gasteiger partial charge in [-0.1, -0.05) is 12.1 Å². The Labute approximate surface area is 106 Å². The van der Waals surface area contributed by atoms with E-state index in [1.807, 2.05) is 0 Å². The number of sulfonamides is 1. The summed E-state index contributed by atoms with van der Waals surface area (Å²) < 4.78 is 29.4. The molecule has 0 radical (unpaired) electrons. The van der Waals surface area contributed by atoms with Crippen LogP contribution in [0.2, 0.25) is 0 Å². The summed E-state index contributed by atoms with van der Waals surface area (Å²) in [5, 5.41) is 2.63. The fourth-order valence-electron chi connectivity index (χ4n) is 1.27. The fourth-order valence-corrected chi connectivity index (χ4v) is 1.73. The lowest BCUT2D eigenvalue weighted by molar-refractivity contribution is -0.114. The molecule has 1 rings (SSSR count). The van der Waals surface area contributed by atoms with Gasteiger partial charge in [0.05, 0.1) is 11.9 Å². The van der Waals surface area contributed by atoms with Crippen LogP contribution in [-0.2, 0) is 14.8 Å². The molecule has 0 saturated heterocycles. The Balaban J connectivity index is 2.54. The van der Waals surface area contributed by atoms with Crippen molar-refractivity contribution in [3.8, 4) is 5.75 Å². The van der Waals surface area contributed by atoms with E-state index in [1.165, 1.54) is 6.92 Å². The van der Waals surface area contributed by atoms with E-state index < -0.39 is 10.0 Å². The van der Waals surface area contributed by atoms with Gasteiger partial charge in [-0.2, -0.15) is 0 Å². The molecule has 1 amide bonds. The molecule has 0 aliphatic rings. The molecule has 0 heterocycles. The van der Waals surface area contributed by atoms with E-state index in [9.17, 15) is 13.2 Å². The number of ether oxygens (including phenoxy) is 1. The van der Waals surface area contributed by atoms with E-state index >= 15 is 0 Å². The number of nitrogens with one attached hydrogen (secondary N) is 2. The van der Waals surface area contributed by atoms with Crippen molar-refractivity contribution in [2.75, 3.05) is 24.7 Å². The second-order valence-corrected chi connectivity index (χ2v) is 5.53. The van der Waals surface area contributed by atoms with Gasteiger partial charge in [0.15, 0.2) is 0 Å².